The lowest BCUT2D eigenvalue weighted by Gasteiger charge is -2.23. The molecule has 0 aliphatic rings. The van der Waals surface area contributed by atoms with Gasteiger partial charge in [-0.05, 0) is 25.8 Å². The summed E-state index contributed by atoms with van der Waals surface area (Å²) in [4.78, 5) is 17.8. The van der Waals surface area contributed by atoms with Gasteiger partial charge in [-0.2, -0.15) is 0 Å². The standard InChI is InChI=1S/C18H29N3O3/c1-5-19-18(20-13-9-8-12-17(22)24-4)21(2)14-15-10-6-7-11-16(15)23-3/h6-7,10-11H,5,8-9,12-14H2,1-4H3,(H,19,20). The second-order valence-corrected chi connectivity index (χ2v) is 5.44. The van der Waals surface area contributed by atoms with Crippen molar-refractivity contribution in [1.29, 1.82) is 0 Å². The van der Waals surface area contributed by atoms with Gasteiger partial charge in [0.2, 0.25) is 0 Å². The number of carbonyl (C=O) groups excluding carboxylic acids is 1. The van der Waals surface area contributed by atoms with Gasteiger partial charge in [0.05, 0.1) is 14.2 Å². The van der Waals surface area contributed by atoms with Crippen LogP contribution in [0.2, 0.25) is 0 Å². The topological polar surface area (TPSA) is 63.2 Å². The van der Waals surface area contributed by atoms with E-state index in [0.717, 1.165) is 36.7 Å². The van der Waals surface area contributed by atoms with Crippen LogP contribution < -0.4 is 10.1 Å². The molecular formula is C18H29N3O3. The molecule has 0 aliphatic heterocycles. The number of methoxy groups -OCH3 is 2. The predicted molar refractivity (Wildman–Crippen MR) is 96.3 cm³/mol. The van der Waals surface area contributed by atoms with Gasteiger partial charge in [0.25, 0.3) is 0 Å². The molecule has 0 fully saturated rings. The Hall–Kier alpha value is -2.24. The second-order valence-electron chi connectivity index (χ2n) is 5.44. The first-order valence-corrected chi connectivity index (χ1v) is 8.30. The highest BCUT2D eigenvalue weighted by Crippen LogP contribution is 2.18. The second kappa shape index (κ2) is 11.3. The average molecular weight is 335 g/mol. The molecule has 1 aromatic rings. The Kier molecular flexibility index (Phi) is 9.34. The fourth-order valence-corrected chi connectivity index (χ4v) is 2.30. The number of ether oxygens (including phenoxy) is 2. The monoisotopic (exact) mass is 335 g/mol. The molecule has 1 rings (SSSR count). The van der Waals surface area contributed by atoms with Gasteiger partial charge in [0.15, 0.2) is 5.96 Å². The first kappa shape index (κ1) is 19.8. The number of benzene rings is 1. The van der Waals surface area contributed by atoms with E-state index in [-0.39, 0.29) is 5.97 Å². The molecule has 1 N–H and O–H groups in total. The Morgan fingerprint density at radius 3 is 2.67 bits per heavy atom. The van der Waals surface area contributed by atoms with Crippen LogP contribution in [0.4, 0.5) is 0 Å². The van der Waals surface area contributed by atoms with Crippen LogP contribution in [0.1, 0.15) is 31.7 Å². The average Bonchev–Trinajstić information content (AvgIpc) is 2.60. The molecule has 6 nitrogen and oxygen atoms in total. The molecule has 24 heavy (non-hydrogen) atoms. The van der Waals surface area contributed by atoms with Crippen molar-refractivity contribution in [3.63, 3.8) is 0 Å². The number of para-hydroxylation sites is 1. The number of rotatable bonds is 9. The normalized spacial score (nSPS) is 11.1. The third-order valence-electron chi connectivity index (χ3n) is 3.57. The van der Waals surface area contributed by atoms with Crippen LogP contribution in [0.25, 0.3) is 0 Å². The van der Waals surface area contributed by atoms with E-state index >= 15 is 0 Å². The Labute approximate surface area is 144 Å². The van der Waals surface area contributed by atoms with Crippen LogP contribution in [0.3, 0.4) is 0 Å². The van der Waals surface area contributed by atoms with Crippen molar-refractivity contribution in [2.24, 2.45) is 4.99 Å². The summed E-state index contributed by atoms with van der Waals surface area (Å²) in [6, 6.07) is 7.97. The number of nitrogens with one attached hydrogen (secondary N) is 1. The zero-order valence-electron chi connectivity index (χ0n) is 15.2. The molecule has 0 bridgehead atoms. The summed E-state index contributed by atoms with van der Waals surface area (Å²) in [5.74, 6) is 1.55. The number of esters is 1. The molecule has 0 atom stereocenters. The molecule has 134 valence electrons. The molecule has 0 heterocycles. The lowest BCUT2D eigenvalue weighted by molar-refractivity contribution is -0.140. The fraction of sp³-hybridized carbons (Fsp3) is 0.556. The predicted octanol–water partition coefficient (Wildman–Crippen LogP) is 2.44. The van der Waals surface area contributed by atoms with E-state index < -0.39 is 0 Å². The minimum absolute atomic E-state index is 0.167. The maximum atomic E-state index is 11.1. The maximum Gasteiger partial charge on any atom is 0.305 e. The van der Waals surface area contributed by atoms with Crippen LogP contribution in [0.5, 0.6) is 5.75 Å². The smallest absolute Gasteiger partial charge is 0.305 e. The Morgan fingerprint density at radius 1 is 1.25 bits per heavy atom. The van der Waals surface area contributed by atoms with Gasteiger partial charge in [-0.3, -0.25) is 9.79 Å². The lowest BCUT2D eigenvalue weighted by Crippen LogP contribution is -2.38. The van der Waals surface area contributed by atoms with E-state index in [4.69, 9.17) is 4.74 Å². The van der Waals surface area contributed by atoms with Crippen molar-refractivity contribution in [3.8, 4) is 5.75 Å². The van der Waals surface area contributed by atoms with Gasteiger partial charge < -0.3 is 19.7 Å². The molecule has 1 aromatic carbocycles. The molecule has 0 spiro atoms. The van der Waals surface area contributed by atoms with Crippen LogP contribution in [-0.2, 0) is 16.1 Å². The number of carbonyl (C=O) groups is 1. The summed E-state index contributed by atoms with van der Waals surface area (Å²) in [6.45, 7) is 4.23. The molecule has 0 saturated heterocycles. The van der Waals surface area contributed by atoms with Crippen molar-refractivity contribution < 1.29 is 14.3 Å². The minimum atomic E-state index is -0.167. The van der Waals surface area contributed by atoms with E-state index in [1.54, 1.807) is 7.11 Å². The minimum Gasteiger partial charge on any atom is -0.496 e. The maximum absolute atomic E-state index is 11.1. The molecule has 0 aliphatic carbocycles. The highest BCUT2D eigenvalue weighted by atomic mass is 16.5. The van der Waals surface area contributed by atoms with Crippen molar-refractivity contribution >= 4 is 11.9 Å². The molecule has 6 heteroatoms. The van der Waals surface area contributed by atoms with Gasteiger partial charge in [0, 0.05) is 38.7 Å². The van der Waals surface area contributed by atoms with Gasteiger partial charge in [-0.25, -0.2) is 0 Å². The Morgan fingerprint density at radius 2 is 2.00 bits per heavy atom. The van der Waals surface area contributed by atoms with E-state index in [1.165, 1.54) is 7.11 Å². The highest BCUT2D eigenvalue weighted by Gasteiger charge is 2.09. The molecule has 0 amide bonds. The summed E-state index contributed by atoms with van der Waals surface area (Å²) in [7, 11) is 5.10. The van der Waals surface area contributed by atoms with Gasteiger partial charge in [-0.1, -0.05) is 18.2 Å². The van der Waals surface area contributed by atoms with Crippen LogP contribution in [0.15, 0.2) is 29.3 Å². The third kappa shape index (κ3) is 6.89. The SMILES string of the molecule is CCNC(=NCCCCC(=O)OC)N(C)Cc1ccccc1OC. The fourth-order valence-electron chi connectivity index (χ4n) is 2.30. The number of nitrogens with zero attached hydrogens (tertiary/aromatic N) is 2. The van der Waals surface area contributed by atoms with Crippen molar-refractivity contribution in [2.45, 2.75) is 32.7 Å². The summed E-state index contributed by atoms with van der Waals surface area (Å²) >= 11 is 0. The van der Waals surface area contributed by atoms with Crippen molar-refractivity contribution in [3.05, 3.63) is 29.8 Å². The van der Waals surface area contributed by atoms with E-state index in [2.05, 4.69) is 26.0 Å². The number of hydrogen-bond donors (Lipinski definition) is 1. The first-order valence-electron chi connectivity index (χ1n) is 8.30. The number of unbranched alkanes of at least 4 members (excludes halogenated alkanes) is 1. The molecule has 0 unspecified atom stereocenters. The first-order chi connectivity index (χ1) is 11.6. The van der Waals surface area contributed by atoms with Crippen LogP contribution >= 0.6 is 0 Å². The van der Waals surface area contributed by atoms with Crippen molar-refractivity contribution in [1.82, 2.24) is 10.2 Å². The Balaban J connectivity index is 2.59. The van der Waals surface area contributed by atoms with Crippen LogP contribution in [0, 0.1) is 0 Å². The number of guanidine groups is 1. The summed E-state index contributed by atoms with van der Waals surface area (Å²) < 4.78 is 10.0. The highest BCUT2D eigenvalue weighted by molar-refractivity contribution is 5.79. The third-order valence-corrected chi connectivity index (χ3v) is 3.57. The molecule has 0 aromatic heterocycles. The molecular weight excluding hydrogens is 306 g/mol. The largest absolute Gasteiger partial charge is 0.496 e. The van der Waals surface area contributed by atoms with E-state index in [0.29, 0.717) is 19.5 Å². The number of hydrogen-bond acceptors (Lipinski definition) is 4. The summed E-state index contributed by atoms with van der Waals surface area (Å²) in [6.07, 6.45) is 2.08. The Bertz CT molecular complexity index is 532. The summed E-state index contributed by atoms with van der Waals surface area (Å²) in [5, 5.41) is 3.29. The van der Waals surface area contributed by atoms with Gasteiger partial charge in [-0.15, -0.1) is 0 Å². The zero-order valence-corrected chi connectivity index (χ0v) is 15.2. The zero-order chi connectivity index (χ0) is 17.8. The molecule has 0 saturated carbocycles. The van der Waals surface area contributed by atoms with E-state index in [9.17, 15) is 4.79 Å². The quantitative estimate of drug-likeness (QED) is 0.325. The van der Waals surface area contributed by atoms with Gasteiger partial charge >= 0.3 is 5.97 Å². The summed E-state index contributed by atoms with van der Waals surface area (Å²) in [5.41, 5.74) is 1.11. The van der Waals surface area contributed by atoms with Crippen molar-refractivity contribution in [2.75, 3.05) is 34.4 Å². The van der Waals surface area contributed by atoms with Gasteiger partial charge in [0.1, 0.15) is 5.75 Å². The number of aliphatic imine (C=N–C) groups is 1. The van der Waals surface area contributed by atoms with Crippen LogP contribution in [-0.4, -0.2) is 51.2 Å². The lowest BCUT2D eigenvalue weighted by atomic mass is 10.2. The molecule has 0 radical (unpaired) electrons. The van der Waals surface area contributed by atoms with E-state index in [1.807, 2.05) is 32.2 Å².